The molecule has 0 saturated carbocycles. The maximum Gasteiger partial charge on any atom is 0.251 e. The van der Waals surface area contributed by atoms with Gasteiger partial charge >= 0.3 is 0 Å². The Morgan fingerprint density at radius 2 is 1.88 bits per heavy atom. The van der Waals surface area contributed by atoms with Gasteiger partial charge in [-0.1, -0.05) is 22.9 Å². The zero-order valence-electron chi connectivity index (χ0n) is 9.62. The number of alkyl halides is 1. The molecule has 0 heterocycles. The number of amides is 1. The molecule has 1 aromatic carbocycles. The molecule has 16 heavy (non-hydrogen) atoms. The molecule has 0 spiro atoms. The van der Waals surface area contributed by atoms with Gasteiger partial charge in [-0.3, -0.25) is 4.79 Å². The van der Waals surface area contributed by atoms with Crippen LogP contribution in [0, 0.1) is 0 Å². The number of rotatable bonds is 3. The number of benzene rings is 1. The second-order valence-electron chi connectivity index (χ2n) is 4.34. The van der Waals surface area contributed by atoms with Gasteiger partial charge in [-0.05, 0) is 38.1 Å². The number of hydrogen-bond acceptors (Lipinski definition) is 2. The van der Waals surface area contributed by atoms with E-state index in [0.717, 1.165) is 0 Å². The summed E-state index contributed by atoms with van der Waals surface area (Å²) in [5, 5.41) is 12.0. The minimum absolute atomic E-state index is 0.142. The summed E-state index contributed by atoms with van der Waals surface area (Å²) in [5.41, 5.74) is 0.216. The third kappa shape index (κ3) is 3.23. The highest BCUT2D eigenvalue weighted by atomic mass is 79.9. The molecule has 0 fully saturated rings. The average Bonchev–Trinajstić information content (AvgIpc) is 2.17. The van der Waals surface area contributed by atoms with Crippen molar-refractivity contribution in [2.75, 3.05) is 0 Å². The van der Waals surface area contributed by atoms with Crippen LogP contribution in [0.3, 0.4) is 0 Å². The molecule has 88 valence electrons. The van der Waals surface area contributed by atoms with E-state index >= 15 is 0 Å². The van der Waals surface area contributed by atoms with Crippen molar-refractivity contribution in [3.05, 3.63) is 29.8 Å². The highest BCUT2D eigenvalue weighted by Crippen LogP contribution is 2.18. The van der Waals surface area contributed by atoms with Gasteiger partial charge < -0.3 is 10.4 Å². The minimum atomic E-state index is -0.324. The fraction of sp³-hybridized carbons (Fsp3) is 0.417. The number of phenols is 1. The first-order chi connectivity index (χ1) is 7.33. The van der Waals surface area contributed by atoms with Gasteiger partial charge in [-0.15, -0.1) is 0 Å². The molecule has 1 atom stereocenters. The SMILES string of the molecule is CC(Br)C(C)(C)NC(=O)c1ccc(O)cc1. The number of carbonyl (C=O) groups is 1. The monoisotopic (exact) mass is 285 g/mol. The lowest BCUT2D eigenvalue weighted by Gasteiger charge is -2.29. The molecule has 3 nitrogen and oxygen atoms in total. The molecular formula is C12H16BrNO2. The average molecular weight is 286 g/mol. The van der Waals surface area contributed by atoms with E-state index in [4.69, 9.17) is 5.11 Å². The van der Waals surface area contributed by atoms with E-state index in [9.17, 15) is 4.79 Å². The summed E-state index contributed by atoms with van der Waals surface area (Å²) in [6, 6.07) is 6.19. The van der Waals surface area contributed by atoms with Crippen molar-refractivity contribution >= 4 is 21.8 Å². The van der Waals surface area contributed by atoms with Crippen molar-refractivity contribution in [3.8, 4) is 5.75 Å². The Bertz CT molecular complexity index is 371. The highest BCUT2D eigenvalue weighted by molar-refractivity contribution is 9.09. The molecule has 0 aliphatic carbocycles. The fourth-order valence-electron chi connectivity index (χ4n) is 1.08. The van der Waals surface area contributed by atoms with Gasteiger partial charge in [0.05, 0.1) is 0 Å². The van der Waals surface area contributed by atoms with Gasteiger partial charge in [0.1, 0.15) is 5.75 Å². The molecule has 0 aliphatic heterocycles. The first-order valence-electron chi connectivity index (χ1n) is 5.08. The van der Waals surface area contributed by atoms with Gasteiger partial charge in [0.25, 0.3) is 5.91 Å². The Balaban J connectivity index is 2.77. The van der Waals surface area contributed by atoms with Crippen LogP contribution in [0.5, 0.6) is 5.75 Å². The Labute approximate surface area is 104 Å². The molecule has 0 radical (unpaired) electrons. The summed E-state index contributed by atoms with van der Waals surface area (Å²) in [7, 11) is 0. The first-order valence-corrected chi connectivity index (χ1v) is 6.00. The number of phenolic OH excluding ortho intramolecular Hbond substituents is 1. The van der Waals surface area contributed by atoms with Crippen LogP contribution in [0.1, 0.15) is 31.1 Å². The lowest BCUT2D eigenvalue weighted by Crippen LogP contribution is -2.48. The largest absolute Gasteiger partial charge is 0.508 e. The molecule has 1 unspecified atom stereocenters. The van der Waals surface area contributed by atoms with Crippen LogP contribution >= 0.6 is 15.9 Å². The van der Waals surface area contributed by atoms with E-state index in [1.807, 2.05) is 20.8 Å². The lowest BCUT2D eigenvalue weighted by molar-refractivity contribution is 0.0914. The standard InChI is InChI=1S/C12H16BrNO2/c1-8(13)12(2,3)14-11(16)9-4-6-10(15)7-5-9/h4-8,15H,1-3H3,(H,14,16). The second kappa shape index (κ2) is 4.87. The summed E-state index contributed by atoms with van der Waals surface area (Å²) in [6.07, 6.45) is 0. The molecule has 2 N–H and O–H groups in total. The normalized spacial score (nSPS) is 13.2. The molecule has 1 amide bonds. The Hall–Kier alpha value is -1.03. The fourth-order valence-corrected chi connectivity index (χ4v) is 1.19. The molecule has 0 aliphatic rings. The van der Waals surface area contributed by atoms with E-state index in [1.54, 1.807) is 12.1 Å². The third-order valence-corrected chi connectivity index (χ3v) is 3.70. The number of halogens is 1. The summed E-state index contributed by atoms with van der Waals surface area (Å²) >= 11 is 3.45. The molecule has 0 saturated heterocycles. The van der Waals surface area contributed by atoms with E-state index < -0.39 is 0 Å². The maximum atomic E-state index is 11.9. The van der Waals surface area contributed by atoms with Gasteiger partial charge in [0, 0.05) is 15.9 Å². The minimum Gasteiger partial charge on any atom is -0.508 e. The van der Waals surface area contributed by atoms with E-state index in [-0.39, 0.29) is 22.0 Å². The summed E-state index contributed by atoms with van der Waals surface area (Å²) in [5.74, 6) is 0.0148. The molecule has 0 aromatic heterocycles. The van der Waals surface area contributed by atoms with Gasteiger partial charge in [-0.2, -0.15) is 0 Å². The number of hydrogen-bond donors (Lipinski definition) is 2. The van der Waals surface area contributed by atoms with Crippen LogP contribution in [-0.2, 0) is 0 Å². The van der Waals surface area contributed by atoms with E-state index in [1.165, 1.54) is 12.1 Å². The predicted octanol–water partition coefficient (Wildman–Crippen LogP) is 2.68. The topological polar surface area (TPSA) is 49.3 Å². The quantitative estimate of drug-likeness (QED) is 0.839. The van der Waals surface area contributed by atoms with Crippen molar-refractivity contribution in [1.29, 1.82) is 0 Å². The van der Waals surface area contributed by atoms with Gasteiger partial charge in [0.2, 0.25) is 0 Å². The molecule has 4 heteroatoms. The predicted molar refractivity (Wildman–Crippen MR) is 68.0 cm³/mol. The van der Waals surface area contributed by atoms with Crippen molar-refractivity contribution in [2.45, 2.75) is 31.1 Å². The smallest absolute Gasteiger partial charge is 0.251 e. The number of carbonyl (C=O) groups excluding carboxylic acids is 1. The number of nitrogens with one attached hydrogen (secondary N) is 1. The summed E-state index contributed by atoms with van der Waals surface area (Å²) in [6.45, 7) is 5.88. The zero-order valence-corrected chi connectivity index (χ0v) is 11.2. The van der Waals surface area contributed by atoms with Crippen molar-refractivity contribution < 1.29 is 9.90 Å². The van der Waals surface area contributed by atoms with E-state index in [0.29, 0.717) is 5.56 Å². The van der Waals surface area contributed by atoms with Gasteiger partial charge in [0.15, 0.2) is 0 Å². The summed E-state index contributed by atoms with van der Waals surface area (Å²) < 4.78 is 0. The Kier molecular flexibility index (Phi) is 3.97. The Morgan fingerprint density at radius 3 is 2.31 bits per heavy atom. The first kappa shape index (κ1) is 13.0. The molecular weight excluding hydrogens is 270 g/mol. The molecule has 0 bridgehead atoms. The van der Waals surface area contributed by atoms with Crippen molar-refractivity contribution in [2.24, 2.45) is 0 Å². The maximum absolute atomic E-state index is 11.9. The highest BCUT2D eigenvalue weighted by Gasteiger charge is 2.25. The van der Waals surface area contributed by atoms with Crippen LogP contribution in [0.2, 0.25) is 0 Å². The van der Waals surface area contributed by atoms with E-state index in [2.05, 4.69) is 21.2 Å². The second-order valence-corrected chi connectivity index (χ2v) is 5.71. The molecule has 1 aromatic rings. The van der Waals surface area contributed by atoms with Crippen molar-refractivity contribution in [1.82, 2.24) is 5.32 Å². The van der Waals surface area contributed by atoms with Crippen LogP contribution in [-0.4, -0.2) is 21.4 Å². The third-order valence-electron chi connectivity index (χ3n) is 2.56. The Morgan fingerprint density at radius 1 is 1.38 bits per heavy atom. The van der Waals surface area contributed by atoms with Gasteiger partial charge in [-0.25, -0.2) is 0 Å². The zero-order chi connectivity index (χ0) is 12.3. The van der Waals surface area contributed by atoms with Crippen molar-refractivity contribution in [3.63, 3.8) is 0 Å². The molecule has 1 rings (SSSR count). The number of aromatic hydroxyl groups is 1. The lowest BCUT2D eigenvalue weighted by atomic mass is 10.0. The van der Waals surface area contributed by atoms with Crippen LogP contribution in [0.25, 0.3) is 0 Å². The van der Waals surface area contributed by atoms with Crippen LogP contribution < -0.4 is 5.32 Å². The van der Waals surface area contributed by atoms with Crippen LogP contribution in [0.15, 0.2) is 24.3 Å². The van der Waals surface area contributed by atoms with Crippen LogP contribution in [0.4, 0.5) is 0 Å². The summed E-state index contributed by atoms with van der Waals surface area (Å²) in [4.78, 5) is 12.0.